The molecule has 10 nitrogen and oxygen atoms in total. The first-order valence-corrected chi connectivity index (χ1v) is 13.7. The standard InChI is InChI=1S/C31H37NO9/c33-31(25-6-2-1-3-7-25)32-26-10-11-29-30(24-26)41-23-19-37-15-14-35-17-21-39-28-9-5-4-8-27(28)38-20-16-34-12-13-36-18-22-40-29/h1-11,24H,12-23H2,(H,32,33). The molecule has 0 spiro atoms. The average molecular weight is 568 g/mol. The van der Waals surface area contributed by atoms with Crippen molar-refractivity contribution < 1.29 is 42.7 Å². The van der Waals surface area contributed by atoms with Gasteiger partial charge in [-0.1, -0.05) is 30.3 Å². The number of carbonyl (C=O) groups excluding carboxylic acids is 1. The summed E-state index contributed by atoms with van der Waals surface area (Å²) in [6.07, 6.45) is 0. The second-order valence-electron chi connectivity index (χ2n) is 8.77. The van der Waals surface area contributed by atoms with Gasteiger partial charge in [-0.15, -0.1) is 0 Å². The van der Waals surface area contributed by atoms with Crippen LogP contribution in [0.2, 0.25) is 0 Å². The Morgan fingerprint density at radius 2 is 0.878 bits per heavy atom. The zero-order valence-corrected chi connectivity index (χ0v) is 23.1. The van der Waals surface area contributed by atoms with Crippen LogP contribution >= 0.6 is 0 Å². The van der Waals surface area contributed by atoms with Gasteiger partial charge in [-0.05, 0) is 36.4 Å². The van der Waals surface area contributed by atoms with Crippen molar-refractivity contribution >= 4 is 11.6 Å². The first-order valence-electron chi connectivity index (χ1n) is 13.7. The van der Waals surface area contributed by atoms with E-state index in [1.54, 1.807) is 30.3 Å². The molecule has 0 unspecified atom stereocenters. The molecule has 10 heteroatoms. The number of hydrogen-bond donors (Lipinski definition) is 1. The molecule has 0 atom stereocenters. The van der Waals surface area contributed by atoms with E-state index in [2.05, 4.69) is 5.32 Å². The van der Waals surface area contributed by atoms with Crippen molar-refractivity contribution in [2.75, 3.05) is 84.6 Å². The predicted octanol–water partition coefficient (Wildman–Crippen LogP) is 4.23. The Balaban J connectivity index is 1.30. The Morgan fingerprint density at radius 1 is 0.463 bits per heavy atom. The minimum Gasteiger partial charge on any atom is -0.487 e. The third-order valence-electron chi connectivity index (χ3n) is 5.77. The van der Waals surface area contributed by atoms with E-state index in [-0.39, 0.29) is 5.91 Å². The van der Waals surface area contributed by atoms with Gasteiger partial charge in [-0.3, -0.25) is 4.79 Å². The van der Waals surface area contributed by atoms with Crippen molar-refractivity contribution in [3.63, 3.8) is 0 Å². The van der Waals surface area contributed by atoms with Gasteiger partial charge in [-0.2, -0.15) is 0 Å². The normalized spacial score (nSPS) is 16.6. The first kappa shape index (κ1) is 30.1. The van der Waals surface area contributed by atoms with Gasteiger partial charge in [0.1, 0.15) is 26.4 Å². The van der Waals surface area contributed by atoms with E-state index in [0.717, 1.165) is 0 Å². The van der Waals surface area contributed by atoms with Gasteiger partial charge >= 0.3 is 0 Å². The third-order valence-corrected chi connectivity index (χ3v) is 5.77. The highest BCUT2D eigenvalue weighted by Crippen LogP contribution is 2.31. The molecule has 0 aromatic heterocycles. The number of hydrogen-bond acceptors (Lipinski definition) is 9. The van der Waals surface area contributed by atoms with Crippen molar-refractivity contribution in [3.05, 3.63) is 78.4 Å². The van der Waals surface area contributed by atoms with Crippen LogP contribution in [0.3, 0.4) is 0 Å². The number of anilines is 1. The fraction of sp³-hybridized carbons (Fsp3) is 0.387. The van der Waals surface area contributed by atoms with E-state index < -0.39 is 0 Å². The highest BCUT2D eigenvalue weighted by atomic mass is 16.6. The van der Waals surface area contributed by atoms with Crippen LogP contribution in [0.5, 0.6) is 23.0 Å². The largest absolute Gasteiger partial charge is 0.487 e. The number of carbonyl (C=O) groups is 1. The van der Waals surface area contributed by atoms with Crippen LogP contribution in [0.15, 0.2) is 72.8 Å². The van der Waals surface area contributed by atoms with Crippen molar-refractivity contribution in [1.29, 1.82) is 0 Å². The van der Waals surface area contributed by atoms with Crippen molar-refractivity contribution in [3.8, 4) is 23.0 Å². The molecule has 0 aliphatic carbocycles. The molecule has 1 heterocycles. The number of benzene rings is 3. The molecule has 0 saturated heterocycles. The molecule has 3 aromatic carbocycles. The summed E-state index contributed by atoms with van der Waals surface area (Å²) in [7, 11) is 0. The van der Waals surface area contributed by atoms with Gasteiger partial charge in [-0.25, -0.2) is 0 Å². The molecular formula is C31H37NO9. The van der Waals surface area contributed by atoms with E-state index in [4.69, 9.17) is 37.9 Å². The molecule has 41 heavy (non-hydrogen) atoms. The fourth-order valence-electron chi connectivity index (χ4n) is 3.79. The summed E-state index contributed by atoms with van der Waals surface area (Å²) in [6, 6.07) is 21.8. The monoisotopic (exact) mass is 567 g/mol. The van der Waals surface area contributed by atoms with Gasteiger partial charge in [0.15, 0.2) is 23.0 Å². The minimum atomic E-state index is -0.212. The van der Waals surface area contributed by atoms with Crippen LogP contribution in [-0.2, 0) is 18.9 Å². The molecule has 1 N–H and O–H groups in total. The summed E-state index contributed by atoms with van der Waals surface area (Å²) in [6.45, 7) is 4.65. The summed E-state index contributed by atoms with van der Waals surface area (Å²) in [5.41, 5.74) is 1.15. The summed E-state index contributed by atoms with van der Waals surface area (Å²) in [4.78, 5) is 12.6. The smallest absolute Gasteiger partial charge is 0.255 e. The number of rotatable bonds is 2. The van der Waals surface area contributed by atoms with Crippen LogP contribution < -0.4 is 24.3 Å². The molecule has 1 amide bonds. The Hall–Kier alpha value is -3.83. The lowest BCUT2D eigenvalue weighted by atomic mass is 10.2. The van der Waals surface area contributed by atoms with Gasteiger partial charge in [0.2, 0.25) is 0 Å². The number of fused-ring (bicyclic) bond motifs is 2. The van der Waals surface area contributed by atoms with Crippen molar-refractivity contribution in [2.45, 2.75) is 0 Å². The first-order chi connectivity index (χ1) is 20.3. The number of amides is 1. The molecular weight excluding hydrogens is 530 g/mol. The maximum atomic E-state index is 12.6. The SMILES string of the molecule is O=C(Nc1ccc2c(c1)OCCOCCOCCOc1ccccc1OCCOCCOCCO2)c1ccccc1. The van der Waals surface area contributed by atoms with Crippen LogP contribution in [0.4, 0.5) is 5.69 Å². The van der Waals surface area contributed by atoms with E-state index in [1.807, 2.05) is 42.5 Å². The van der Waals surface area contributed by atoms with Gasteiger partial charge in [0, 0.05) is 17.3 Å². The van der Waals surface area contributed by atoms with E-state index in [0.29, 0.717) is 114 Å². The molecule has 0 saturated carbocycles. The fourth-order valence-corrected chi connectivity index (χ4v) is 3.79. The van der Waals surface area contributed by atoms with Crippen molar-refractivity contribution in [1.82, 2.24) is 0 Å². The summed E-state index contributed by atoms with van der Waals surface area (Å²) in [5.74, 6) is 2.14. The lowest BCUT2D eigenvalue weighted by Crippen LogP contribution is -2.16. The molecule has 1 aliphatic rings. The van der Waals surface area contributed by atoms with E-state index in [9.17, 15) is 4.79 Å². The van der Waals surface area contributed by atoms with Gasteiger partial charge in [0.25, 0.3) is 5.91 Å². The Morgan fingerprint density at radius 3 is 1.39 bits per heavy atom. The topological polar surface area (TPSA) is 103 Å². The lowest BCUT2D eigenvalue weighted by molar-refractivity contribution is 0.0223. The van der Waals surface area contributed by atoms with Crippen LogP contribution in [-0.4, -0.2) is 85.2 Å². The maximum absolute atomic E-state index is 12.6. The second-order valence-corrected chi connectivity index (χ2v) is 8.77. The lowest BCUT2D eigenvalue weighted by Gasteiger charge is -2.15. The van der Waals surface area contributed by atoms with E-state index in [1.165, 1.54) is 0 Å². The molecule has 0 radical (unpaired) electrons. The number of ether oxygens (including phenoxy) is 8. The Labute approximate surface area is 240 Å². The molecule has 1 aliphatic heterocycles. The minimum absolute atomic E-state index is 0.212. The van der Waals surface area contributed by atoms with Gasteiger partial charge < -0.3 is 43.2 Å². The molecule has 4 rings (SSSR count). The molecule has 0 bridgehead atoms. The third kappa shape index (κ3) is 10.9. The van der Waals surface area contributed by atoms with Crippen LogP contribution in [0.25, 0.3) is 0 Å². The van der Waals surface area contributed by atoms with Gasteiger partial charge in [0.05, 0.1) is 52.9 Å². The predicted molar refractivity (Wildman–Crippen MR) is 153 cm³/mol. The highest BCUT2D eigenvalue weighted by molar-refractivity contribution is 6.04. The summed E-state index contributed by atoms with van der Waals surface area (Å²) >= 11 is 0. The summed E-state index contributed by atoms with van der Waals surface area (Å²) in [5, 5.41) is 2.90. The second kappa shape index (κ2) is 17.8. The Kier molecular flexibility index (Phi) is 13.1. The van der Waals surface area contributed by atoms with Crippen LogP contribution in [0.1, 0.15) is 10.4 Å². The zero-order chi connectivity index (χ0) is 28.4. The average Bonchev–Trinajstić information content (AvgIpc) is 3.00. The maximum Gasteiger partial charge on any atom is 0.255 e. The Bertz CT molecular complexity index is 1180. The quantitative estimate of drug-likeness (QED) is 0.487. The zero-order valence-electron chi connectivity index (χ0n) is 23.1. The van der Waals surface area contributed by atoms with Crippen molar-refractivity contribution in [2.24, 2.45) is 0 Å². The number of nitrogens with one attached hydrogen (secondary N) is 1. The molecule has 220 valence electrons. The highest BCUT2D eigenvalue weighted by Gasteiger charge is 2.11. The van der Waals surface area contributed by atoms with Crippen LogP contribution in [0, 0.1) is 0 Å². The molecule has 0 fully saturated rings. The number of para-hydroxylation sites is 2. The summed E-state index contributed by atoms with van der Waals surface area (Å²) < 4.78 is 46.0. The molecule has 3 aromatic rings. The van der Waals surface area contributed by atoms with E-state index >= 15 is 0 Å².